The van der Waals surface area contributed by atoms with Crippen LogP contribution in [0.1, 0.15) is 26.2 Å². The van der Waals surface area contributed by atoms with E-state index in [0.29, 0.717) is 48.3 Å². The molecule has 1 atom stereocenters. The smallest absolute Gasteiger partial charge is 0.309 e. The third-order valence-electron chi connectivity index (χ3n) is 4.87. The number of carbonyl (C=O) groups excluding carboxylic acids is 3. The van der Waals surface area contributed by atoms with E-state index in [-0.39, 0.29) is 30.1 Å². The van der Waals surface area contributed by atoms with E-state index in [2.05, 4.69) is 0 Å². The van der Waals surface area contributed by atoms with Crippen molar-refractivity contribution in [3.63, 3.8) is 0 Å². The third kappa shape index (κ3) is 3.72. The predicted molar refractivity (Wildman–Crippen MR) is 98.3 cm³/mol. The van der Waals surface area contributed by atoms with Crippen LogP contribution < -0.4 is 4.90 Å². The summed E-state index contributed by atoms with van der Waals surface area (Å²) in [6.07, 6.45) is 1.39. The van der Waals surface area contributed by atoms with Gasteiger partial charge < -0.3 is 4.74 Å². The van der Waals surface area contributed by atoms with Crippen LogP contribution >= 0.6 is 23.2 Å². The molecule has 26 heavy (non-hydrogen) atoms. The summed E-state index contributed by atoms with van der Waals surface area (Å²) in [6.45, 7) is 3.32. The molecule has 0 spiro atoms. The molecule has 2 aliphatic heterocycles. The van der Waals surface area contributed by atoms with Gasteiger partial charge in [-0.3, -0.25) is 19.3 Å². The monoisotopic (exact) mass is 398 g/mol. The van der Waals surface area contributed by atoms with Crippen molar-refractivity contribution < 1.29 is 19.1 Å². The first-order valence-electron chi connectivity index (χ1n) is 8.65. The molecule has 2 saturated heterocycles. The molecule has 1 aromatic rings. The zero-order chi connectivity index (χ0) is 18.8. The van der Waals surface area contributed by atoms with E-state index in [4.69, 9.17) is 27.9 Å². The first-order chi connectivity index (χ1) is 12.4. The number of amides is 2. The van der Waals surface area contributed by atoms with Gasteiger partial charge in [-0.05, 0) is 51.1 Å². The maximum atomic E-state index is 12.8. The standard InChI is InChI=1S/C18H20Cl2N2O4/c1-2-26-18(25)11-5-7-21(8-6-11)15-10-16(23)22(17(15)24)12-3-4-13(19)14(20)9-12/h3-4,9,11,15H,2,5-8,10H2,1H3/t15-/m1/s1. The van der Waals surface area contributed by atoms with E-state index in [1.807, 2.05) is 4.90 Å². The number of rotatable bonds is 4. The number of likely N-dealkylation sites (tertiary alicyclic amines) is 1. The Kier molecular flexibility index (Phi) is 5.85. The van der Waals surface area contributed by atoms with Crippen LogP contribution in [-0.4, -0.2) is 48.4 Å². The minimum Gasteiger partial charge on any atom is -0.466 e. The molecule has 1 aromatic carbocycles. The van der Waals surface area contributed by atoms with Crippen LogP contribution in [0.2, 0.25) is 10.0 Å². The van der Waals surface area contributed by atoms with Crippen molar-refractivity contribution >= 4 is 46.7 Å². The van der Waals surface area contributed by atoms with E-state index in [9.17, 15) is 14.4 Å². The largest absolute Gasteiger partial charge is 0.466 e. The molecular formula is C18H20Cl2N2O4. The predicted octanol–water partition coefficient (Wildman–Crippen LogP) is 2.90. The Morgan fingerprint density at radius 3 is 2.50 bits per heavy atom. The fraction of sp³-hybridized carbons (Fsp3) is 0.500. The number of halogens is 2. The molecule has 140 valence electrons. The van der Waals surface area contributed by atoms with Crippen molar-refractivity contribution in [3.05, 3.63) is 28.2 Å². The average Bonchev–Trinajstić information content (AvgIpc) is 2.92. The second-order valence-corrected chi connectivity index (χ2v) is 7.26. The number of piperidine rings is 1. The molecule has 0 bridgehead atoms. The molecule has 0 radical (unpaired) electrons. The quantitative estimate of drug-likeness (QED) is 0.576. The van der Waals surface area contributed by atoms with Crippen LogP contribution in [0, 0.1) is 5.92 Å². The highest BCUT2D eigenvalue weighted by atomic mass is 35.5. The Balaban J connectivity index is 1.68. The zero-order valence-corrected chi connectivity index (χ0v) is 15.9. The van der Waals surface area contributed by atoms with Crippen LogP contribution in [0.5, 0.6) is 0 Å². The van der Waals surface area contributed by atoms with Gasteiger partial charge in [0, 0.05) is 0 Å². The van der Waals surface area contributed by atoms with Gasteiger partial charge in [0.05, 0.1) is 40.7 Å². The van der Waals surface area contributed by atoms with Gasteiger partial charge in [0.25, 0.3) is 5.91 Å². The van der Waals surface area contributed by atoms with Crippen molar-refractivity contribution in [2.45, 2.75) is 32.2 Å². The van der Waals surface area contributed by atoms with E-state index in [1.165, 1.54) is 11.0 Å². The van der Waals surface area contributed by atoms with Crippen LogP contribution in [0.15, 0.2) is 18.2 Å². The molecule has 0 N–H and O–H groups in total. The second kappa shape index (κ2) is 7.94. The Labute approximate surface area is 162 Å². The summed E-state index contributed by atoms with van der Waals surface area (Å²) >= 11 is 11.9. The molecule has 0 unspecified atom stereocenters. The summed E-state index contributed by atoms with van der Waals surface area (Å²) in [7, 11) is 0. The number of esters is 1. The van der Waals surface area contributed by atoms with Gasteiger partial charge in [0.2, 0.25) is 5.91 Å². The fourth-order valence-corrected chi connectivity index (χ4v) is 3.80. The van der Waals surface area contributed by atoms with Crippen molar-refractivity contribution in [3.8, 4) is 0 Å². The van der Waals surface area contributed by atoms with E-state index in [0.717, 1.165) is 0 Å². The highest BCUT2D eigenvalue weighted by molar-refractivity contribution is 6.42. The summed E-state index contributed by atoms with van der Waals surface area (Å²) in [5.74, 6) is -0.836. The molecule has 2 aliphatic rings. The number of nitrogens with zero attached hydrogens (tertiary/aromatic N) is 2. The molecule has 0 aliphatic carbocycles. The first-order valence-corrected chi connectivity index (χ1v) is 9.40. The molecule has 2 fully saturated rings. The average molecular weight is 399 g/mol. The number of carbonyl (C=O) groups is 3. The van der Waals surface area contributed by atoms with Crippen molar-refractivity contribution in [1.29, 1.82) is 0 Å². The number of hydrogen-bond acceptors (Lipinski definition) is 5. The van der Waals surface area contributed by atoms with Crippen molar-refractivity contribution in [2.75, 3.05) is 24.6 Å². The van der Waals surface area contributed by atoms with Gasteiger partial charge in [-0.2, -0.15) is 0 Å². The molecular weight excluding hydrogens is 379 g/mol. The number of hydrogen-bond donors (Lipinski definition) is 0. The summed E-state index contributed by atoms with van der Waals surface area (Å²) in [5, 5.41) is 0.663. The summed E-state index contributed by atoms with van der Waals surface area (Å²) in [6, 6.07) is 4.20. The molecule has 0 aromatic heterocycles. The van der Waals surface area contributed by atoms with E-state index >= 15 is 0 Å². The Hall–Kier alpha value is -1.63. The number of anilines is 1. The lowest BCUT2D eigenvalue weighted by molar-refractivity contribution is -0.149. The molecule has 2 heterocycles. The number of benzene rings is 1. The van der Waals surface area contributed by atoms with Gasteiger partial charge in [-0.15, -0.1) is 0 Å². The van der Waals surface area contributed by atoms with Gasteiger partial charge in [0.1, 0.15) is 0 Å². The molecule has 6 nitrogen and oxygen atoms in total. The molecule has 8 heteroatoms. The lowest BCUT2D eigenvalue weighted by atomic mass is 9.95. The van der Waals surface area contributed by atoms with E-state index in [1.54, 1.807) is 19.1 Å². The van der Waals surface area contributed by atoms with Crippen molar-refractivity contribution in [2.24, 2.45) is 5.92 Å². The Morgan fingerprint density at radius 1 is 1.19 bits per heavy atom. The Bertz CT molecular complexity index is 732. The normalized spacial score (nSPS) is 22.1. The van der Waals surface area contributed by atoms with Gasteiger partial charge in [-0.1, -0.05) is 23.2 Å². The van der Waals surface area contributed by atoms with Crippen LogP contribution in [0.25, 0.3) is 0 Å². The molecule has 0 saturated carbocycles. The fourth-order valence-electron chi connectivity index (χ4n) is 3.50. The maximum Gasteiger partial charge on any atom is 0.309 e. The van der Waals surface area contributed by atoms with Crippen LogP contribution in [0.3, 0.4) is 0 Å². The second-order valence-electron chi connectivity index (χ2n) is 6.45. The highest BCUT2D eigenvalue weighted by Gasteiger charge is 2.44. The third-order valence-corrected chi connectivity index (χ3v) is 5.61. The topological polar surface area (TPSA) is 66.9 Å². The zero-order valence-electron chi connectivity index (χ0n) is 14.4. The number of ether oxygens (including phenoxy) is 1. The van der Waals surface area contributed by atoms with Crippen LogP contribution in [-0.2, 0) is 19.1 Å². The number of imide groups is 1. The lowest BCUT2D eigenvalue weighted by Crippen LogP contribution is -2.47. The van der Waals surface area contributed by atoms with Gasteiger partial charge in [-0.25, -0.2) is 4.90 Å². The molecule has 2 amide bonds. The first kappa shape index (κ1) is 19.1. The minimum atomic E-state index is -0.500. The summed E-state index contributed by atoms with van der Waals surface area (Å²) < 4.78 is 5.07. The molecule has 3 rings (SSSR count). The summed E-state index contributed by atoms with van der Waals surface area (Å²) in [4.78, 5) is 40.2. The van der Waals surface area contributed by atoms with E-state index < -0.39 is 6.04 Å². The highest BCUT2D eigenvalue weighted by Crippen LogP contribution is 2.32. The summed E-state index contributed by atoms with van der Waals surface area (Å²) in [5.41, 5.74) is 0.429. The lowest BCUT2D eigenvalue weighted by Gasteiger charge is -2.33. The maximum absolute atomic E-state index is 12.8. The SMILES string of the molecule is CCOC(=O)C1CCN([C@@H]2CC(=O)N(c3ccc(Cl)c(Cl)c3)C2=O)CC1. The Morgan fingerprint density at radius 2 is 1.88 bits per heavy atom. The van der Waals surface area contributed by atoms with Crippen molar-refractivity contribution in [1.82, 2.24) is 4.90 Å². The van der Waals surface area contributed by atoms with Gasteiger partial charge >= 0.3 is 5.97 Å². The van der Waals surface area contributed by atoms with Crippen LogP contribution in [0.4, 0.5) is 5.69 Å². The minimum absolute atomic E-state index is 0.128. The van der Waals surface area contributed by atoms with Gasteiger partial charge in [0.15, 0.2) is 0 Å².